The molecule has 0 aliphatic rings. The highest BCUT2D eigenvalue weighted by Crippen LogP contribution is 2.29. The lowest BCUT2D eigenvalue weighted by molar-refractivity contribution is 0.0994. The molecule has 27 heavy (non-hydrogen) atoms. The Labute approximate surface area is 168 Å². The summed E-state index contributed by atoms with van der Waals surface area (Å²) in [5, 5.41) is 13.6. The molecule has 0 aliphatic carbocycles. The molecule has 3 aromatic rings. The van der Waals surface area contributed by atoms with E-state index in [1.807, 2.05) is 0 Å². The maximum absolute atomic E-state index is 12.7. The van der Waals surface area contributed by atoms with Crippen molar-refractivity contribution in [1.29, 1.82) is 0 Å². The molecule has 1 amide bonds. The van der Waals surface area contributed by atoms with Crippen LogP contribution in [0.15, 0.2) is 36.4 Å². The van der Waals surface area contributed by atoms with Gasteiger partial charge >= 0.3 is 0 Å². The van der Waals surface area contributed by atoms with E-state index in [-0.39, 0.29) is 39.4 Å². The number of aromatic nitrogens is 3. The van der Waals surface area contributed by atoms with Crippen LogP contribution in [0.2, 0.25) is 15.1 Å². The molecule has 0 aliphatic heterocycles. The van der Waals surface area contributed by atoms with Crippen LogP contribution in [-0.2, 0) is 6.54 Å². The van der Waals surface area contributed by atoms with Gasteiger partial charge in [-0.3, -0.25) is 9.59 Å². The Bertz CT molecular complexity index is 995. The Kier molecular flexibility index (Phi) is 5.65. The molecule has 0 saturated heterocycles. The van der Waals surface area contributed by atoms with Crippen molar-refractivity contribution in [3.05, 3.63) is 73.9 Å². The molecule has 3 rings (SSSR count). The van der Waals surface area contributed by atoms with Crippen molar-refractivity contribution >= 4 is 52.3 Å². The molecule has 0 atom stereocenters. The lowest BCUT2D eigenvalue weighted by Crippen LogP contribution is -2.14. The van der Waals surface area contributed by atoms with Crippen molar-refractivity contribution in [3.63, 3.8) is 0 Å². The van der Waals surface area contributed by atoms with Gasteiger partial charge in [-0.2, -0.15) is 5.21 Å². The zero-order valence-corrected chi connectivity index (χ0v) is 15.9. The maximum atomic E-state index is 12.7. The van der Waals surface area contributed by atoms with Crippen LogP contribution in [0.3, 0.4) is 0 Å². The molecule has 2 aromatic carbocycles. The molecule has 4 N–H and O–H groups in total. The van der Waals surface area contributed by atoms with Crippen molar-refractivity contribution in [3.8, 4) is 0 Å². The van der Waals surface area contributed by atoms with Gasteiger partial charge in [-0.25, -0.2) is 0 Å². The number of nitrogens with two attached hydrogens (primary N) is 1. The fourth-order valence-corrected chi connectivity index (χ4v) is 3.23. The van der Waals surface area contributed by atoms with Crippen molar-refractivity contribution in [2.24, 2.45) is 5.73 Å². The number of halogens is 3. The van der Waals surface area contributed by atoms with E-state index in [0.717, 1.165) is 0 Å². The van der Waals surface area contributed by atoms with Gasteiger partial charge in [0, 0.05) is 17.1 Å². The number of hydrogen-bond acceptors (Lipinski definition) is 5. The second-order valence-corrected chi connectivity index (χ2v) is 6.76. The maximum Gasteiger partial charge on any atom is 0.273 e. The summed E-state index contributed by atoms with van der Waals surface area (Å²) in [6.07, 6.45) is 0. The van der Waals surface area contributed by atoms with Crippen molar-refractivity contribution in [1.82, 2.24) is 15.4 Å². The summed E-state index contributed by atoms with van der Waals surface area (Å²) in [5.41, 5.74) is 6.49. The van der Waals surface area contributed by atoms with Gasteiger partial charge in [0.05, 0.1) is 15.6 Å². The largest absolute Gasteiger partial charge is 0.364 e. The van der Waals surface area contributed by atoms with Gasteiger partial charge < -0.3 is 11.1 Å². The highest BCUT2D eigenvalue weighted by Gasteiger charge is 2.19. The quantitative estimate of drug-likeness (QED) is 0.522. The van der Waals surface area contributed by atoms with Gasteiger partial charge in [-0.1, -0.05) is 34.8 Å². The summed E-state index contributed by atoms with van der Waals surface area (Å²) in [6.45, 7) is 0.238. The number of nitrogens with one attached hydrogen (secondary N) is 2. The first-order valence-electron chi connectivity index (χ1n) is 7.59. The van der Waals surface area contributed by atoms with Gasteiger partial charge in [-0.15, -0.1) is 10.2 Å². The number of carbonyl (C=O) groups is 2. The summed E-state index contributed by atoms with van der Waals surface area (Å²) >= 11 is 18.4. The van der Waals surface area contributed by atoms with E-state index in [9.17, 15) is 9.59 Å². The second-order valence-electron chi connectivity index (χ2n) is 5.51. The molecule has 138 valence electrons. The minimum absolute atomic E-state index is 0.0123. The fourth-order valence-electron chi connectivity index (χ4n) is 2.40. The number of amides is 1. The lowest BCUT2D eigenvalue weighted by Gasteiger charge is -2.10. The highest BCUT2D eigenvalue weighted by molar-refractivity contribution is 6.41. The molecule has 0 saturated carbocycles. The minimum atomic E-state index is -0.716. The summed E-state index contributed by atoms with van der Waals surface area (Å²) in [4.78, 5) is 23.9. The van der Waals surface area contributed by atoms with Gasteiger partial charge in [0.15, 0.2) is 17.3 Å². The van der Waals surface area contributed by atoms with E-state index in [0.29, 0.717) is 16.1 Å². The summed E-state index contributed by atoms with van der Waals surface area (Å²) in [6, 6.07) is 9.64. The topological polar surface area (TPSA) is 114 Å². The molecule has 1 aromatic heterocycles. The molecule has 0 bridgehead atoms. The highest BCUT2D eigenvalue weighted by atomic mass is 35.5. The third-order valence-corrected chi connectivity index (χ3v) is 4.52. The summed E-state index contributed by atoms with van der Waals surface area (Å²) in [5.74, 6) is -0.823. The SMILES string of the molecule is NC(=O)c1n[nH]nc1NCc1cc(Cl)c(C(=O)c2ccc(Cl)cc2)c(Cl)c1. The van der Waals surface area contributed by atoms with Crippen LogP contribution in [-0.4, -0.2) is 27.1 Å². The molecule has 0 fully saturated rings. The Morgan fingerprint density at radius 1 is 1.04 bits per heavy atom. The van der Waals surface area contributed by atoms with E-state index in [4.69, 9.17) is 40.5 Å². The van der Waals surface area contributed by atoms with E-state index in [1.54, 1.807) is 36.4 Å². The molecule has 0 unspecified atom stereocenters. The third kappa shape index (κ3) is 4.21. The smallest absolute Gasteiger partial charge is 0.273 e. The standard InChI is InChI=1S/C17H12Cl3N5O2/c18-10-3-1-9(2-4-10)15(26)13-11(19)5-8(6-12(13)20)7-22-17-14(16(21)27)23-25-24-17/h1-6H,7H2,(H2,21,27)(H2,22,23,24,25). The van der Waals surface area contributed by atoms with Gasteiger partial charge in [-0.05, 0) is 42.0 Å². The number of aromatic amines is 1. The summed E-state index contributed by atoms with van der Waals surface area (Å²) < 4.78 is 0. The summed E-state index contributed by atoms with van der Waals surface area (Å²) in [7, 11) is 0. The Hall–Kier alpha value is -2.61. The average molecular weight is 425 g/mol. The number of hydrogen-bond donors (Lipinski definition) is 3. The Balaban J connectivity index is 1.82. The van der Waals surface area contributed by atoms with E-state index < -0.39 is 5.91 Å². The molecular weight excluding hydrogens is 413 g/mol. The zero-order valence-electron chi connectivity index (χ0n) is 13.6. The van der Waals surface area contributed by atoms with Crippen LogP contribution in [0.4, 0.5) is 5.82 Å². The molecular formula is C17H12Cl3N5O2. The van der Waals surface area contributed by atoms with E-state index in [1.165, 1.54) is 0 Å². The second kappa shape index (κ2) is 7.96. The molecule has 0 spiro atoms. The van der Waals surface area contributed by atoms with Crippen LogP contribution < -0.4 is 11.1 Å². The first-order valence-corrected chi connectivity index (χ1v) is 8.73. The van der Waals surface area contributed by atoms with Crippen LogP contribution >= 0.6 is 34.8 Å². The minimum Gasteiger partial charge on any atom is -0.364 e. The van der Waals surface area contributed by atoms with Crippen LogP contribution in [0, 0.1) is 0 Å². The number of anilines is 1. The van der Waals surface area contributed by atoms with Gasteiger partial charge in [0.1, 0.15) is 0 Å². The number of ketones is 1. The fraction of sp³-hybridized carbons (Fsp3) is 0.0588. The predicted molar refractivity (Wildman–Crippen MR) is 104 cm³/mol. The number of H-pyrrole nitrogens is 1. The number of benzene rings is 2. The molecule has 7 nitrogen and oxygen atoms in total. The number of nitrogens with zero attached hydrogens (tertiary/aromatic N) is 2. The Morgan fingerprint density at radius 2 is 1.67 bits per heavy atom. The Morgan fingerprint density at radius 3 is 2.26 bits per heavy atom. The lowest BCUT2D eigenvalue weighted by atomic mass is 10.0. The van der Waals surface area contributed by atoms with Crippen LogP contribution in [0.1, 0.15) is 32.0 Å². The number of primary amides is 1. The monoisotopic (exact) mass is 423 g/mol. The van der Waals surface area contributed by atoms with E-state index >= 15 is 0 Å². The predicted octanol–water partition coefficient (Wildman–Crippen LogP) is 3.71. The van der Waals surface area contributed by atoms with Crippen molar-refractivity contribution in [2.75, 3.05) is 5.32 Å². The van der Waals surface area contributed by atoms with Crippen molar-refractivity contribution in [2.45, 2.75) is 6.54 Å². The van der Waals surface area contributed by atoms with E-state index in [2.05, 4.69) is 20.7 Å². The van der Waals surface area contributed by atoms with Crippen molar-refractivity contribution < 1.29 is 9.59 Å². The number of carbonyl (C=O) groups excluding carboxylic acids is 2. The first kappa shape index (κ1) is 19.2. The normalized spacial score (nSPS) is 10.6. The van der Waals surface area contributed by atoms with Crippen LogP contribution in [0.5, 0.6) is 0 Å². The van der Waals surface area contributed by atoms with Crippen LogP contribution in [0.25, 0.3) is 0 Å². The van der Waals surface area contributed by atoms with Gasteiger partial charge in [0.2, 0.25) is 0 Å². The third-order valence-electron chi connectivity index (χ3n) is 3.68. The average Bonchev–Trinajstić information content (AvgIpc) is 3.09. The molecule has 10 heteroatoms. The molecule has 0 radical (unpaired) electrons. The van der Waals surface area contributed by atoms with Gasteiger partial charge in [0.25, 0.3) is 5.91 Å². The number of rotatable bonds is 6. The first-order chi connectivity index (χ1) is 12.9. The zero-order chi connectivity index (χ0) is 19.6. The molecule has 1 heterocycles.